The lowest BCUT2D eigenvalue weighted by atomic mass is 10.1. The number of aryl methyl sites for hydroxylation is 1. The van der Waals surface area contributed by atoms with Gasteiger partial charge in [0.05, 0.1) is 5.52 Å². The Morgan fingerprint density at radius 3 is 2.86 bits per heavy atom. The first-order valence-electron chi connectivity index (χ1n) is 6.82. The summed E-state index contributed by atoms with van der Waals surface area (Å²) in [6.07, 6.45) is 2.96. The molecule has 0 fully saturated rings. The van der Waals surface area contributed by atoms with E-state index < -0.39 is 0 Å². The van der Waals surface area contributed by atoms with Gasteiger partial charge in [0.25, 0.3) is 0 Å². The first kappa shape index (κ1) is 14.9. The molecule has 6 heteroatoms. The Bertz CT molecular complexity index is 778. The molecule has 3 aromatic rings. The number of nitrogens with zero attached hydrogens (tertiary/aromatic N) is 3. The molecule has 4 nitrogen and oxygen atoms in total. The van der Waals surface area contributed by atoms with Gasteiger partial charge in [-0.05, 0) is 36.6 Å². The van der Waals surface area contributed by atoms with Crippen molar-refractivity contribution < 1.29 is 4.42 Å². The van der Waals surface area contributed by atoms with Crippen molar-refractivity contribution in [3.8, 4) is 11.5 Å². The Labute approximate surface area is 140 Å². The van der Waals surface area contributed by atoms with Crippen molar-refractivity contribution in [1.29, 1.82) is 0 Å². The first-order chi connectivity index (χ1) is 10.1. The summed E-state index contributed by atoms with van der Waals surface area (Å²) in [7, 11) is 1.67. The highest BCUT2D eigenvalue weighted by atomic mass is 127. The molecule has 3 rings (SSSR count). The quantitative estimate of drug-likeness (QED) is 0.562. The van der Waals surface area contributed by atoms with Crippen LogP contribution in [0, 0.1) is 12.8 Å². The third kappa shape index (κ3) is 2.96. The zero-order valence-electron chi connectivity index (χ0n) is 12.1. The monoisotopic (exact) mass is 413 g/mol. The van der Waals surface area contributed by atoms with Gasteiger partial charge in [-0.2, -0.15) is 0 Å². The van der Waals surface area contributed by atoms with Gasteiger partial charge in [0.2, 0.25) is 11.8 Å². The molecule has 110 valence electrons. The van der Waals surface area contributed by atoms with Crippen LogP contribution in [-0.2, 0) is 6.42 Å². The summed E-state index contributed by atoms with van der Waals surface area (Å²) in [5.41, 5.74) is 3.43. The summed E-state index contributed by atoms with van der Waals surface area (Å²) in [6, 6.07) is 6.27. The molecule has 0 aliphatic heterocycles. The molecular formula is C15H16IN3OS. The van der Waals surface area contributed by atoms with Gasteiger partial charge in [0, 0.05) is 53.9 Å². The number of fused-ring (bicyclic) bond motifs is 1. The molecule has 0 aliphatic carbocycles. The first-order valence-corrected chi connectivity index (χ1v) is 10.1. The molecule has 0 aliphatic rings. The third-order valence-electron chi connectivity index (χ3n) is 3.34. The number of benzene rings is 1. The summed E-state index contributed by atoms with van der Waals surface area (Å²) in [5, 5.41) is 9.52. The number of hydrogen-bond acceptors (Lipinski definition) is 4. The third-order valence-corrected chi connectivity index (χ3v) is 5.06. The van der Waals surface area contributed by atoms with Gasteiger partial charge in [0.1, 0.15) is 0 Å². The van der Waals surface area contributed by atoms with Crippen LogP contribution >= 0.6 is 30.3 Å². The van der Waals surface area contributed by atoms with Crippen LogP contribution in [0.25, 0.3) is 22.4 Å². The van der Waals surface area contributed by atoms with E-state index in [-0.39, 0.29) is 0 Å². The van der Waals surface area contributed by atoms with Gasteiger partial charge < -0.3 is 4.42 Å². The SMILES string of the molecule is Cc1cn(SI)c2ccc(-c3nnc(CC(C)C)o3)cc12. The normalized spacial score (nSPS) is 11.7. The van der Waals surface area contributed by atoms with Gasteiger partial charge in [-0.25, -0.2) is 0 Å². The Hall–Kier alpha value is -1.02. The van der Waals surface area contributed by atoms with Crippen LogP contribution in [0.2, 0.25) is 0 Å². The average molecular weight is 413 g/mol. The lowest BCUT2D eigenvalue weighted by molar-refractivity contribution is 0.466. The number of hydrogen-bond donors (Lipinski definition) is 0. The number of aromatic nitrogens is 3. The van der Waals surface area contributed by atoms with Crippen LogP contribution in [-0.4, -0.2) is 14.2 Å². The predicted octanol–water partition coefficient (Wildman–Crippen LogP) is 5.04. The molecule has 0 amide bonds. The zero-order chi connectivity index (χ0) is 15.0. The minimum Gasteiger partial charge on any atom is -0.421 e. The summed E-state index contributed by atoms with van der Waals surface area (Å²) in [6.45, 7) is 6.40. The van der Waals surface area contributed by atoms with E-state index >= 15 is 0 Å². The molecule has 0 unspecified atom stereocenters. The topological polar surface area (TPSA) is 43.9 Å². The minimum atomic E-state index is 0.512. The fraction of sp³-hybridized carbons (Fsp3) is 0.333. The molecule has 2 heterocycles. The molecule has 0 saturated carbocycles. The smallest absolute Gasteiger partial charge is 0.247 e. The highest BCUT2D eigenvalue weighted by Gasteiger charge is 2.12. The van der Waals surface area contributed by atoms with Gasteiger partial charge in [-0.15, -0.1) is 10.2 Å². The van der Waals surface area contributed by atoms with Gasteiger partial charge in [-0.3, -0.25) is 3.97 Å². The van der Waals surface area contributed by atoms with E-state index in [1.807, 2.05) is 6.07 Å². The Morgan fingerprint density at radius 2 is 2.14 bits per heavy atom. The highest BCUT2D eigenvalue weighted by Crippen LogP contribution is 2.31. The molecule has 0 N–H and O–H groups in total. The van der Waals surface area contributed by atoms with Crippen LogP contribution in [0.4, 0.5) is 0 Å². The van der Waals surface area contributed by atoms with Gasteiger partial charge in [0.15, 0.2) is 0 Å². The average Bonchev–Trinajstić information content (AvgIpc) is 3.03. The van der Waals surface area contributed by atoms with E-state index in [1.54, 1.807) is 9.12 Å². The second-order valence-electron chi connectivity index (χ2n) is 5.54. The summed E-state index contributed by atoms with van der Waals surface area (Å²) in [5.74, 6) is 1.82. The summed E-state index contributed by atoms with van der Waals surface area (Å²) in [4.78, 5) is 0. The second-order valence-corrected chi connectivity index (χ2v) is 7.25. The Kier molecular flexibility index (Phi) is 4.26. The van der Waals surface area contributed by atoms with E-state index in [0.717, 1.165) is 12.0 Å². The molecule has 21 heavy (non-hydrogen) atoms. The Morgan fingerprint density at radius 1 is 1.33 bits per heavy atom. The maximum atomic E-state index is 5.77. The second kappa shape index (κ2) is 6.00. The molecule has 0 spiro atoms. The maximum Gasteiger partial charge on any atom is 0.247 e. The van der Waals surface area contributed by atoms with E-state index in [9.17, 15) is 0 Å². The van der Waals surface area contributed by atoms with Crippen molar-refractivity contribution >= 4 is 41.2 Å². The zero-order valence-corrected chi connectivity index (χ0v) is 15.1. The van der Waals surface area contributed by atoms with Crippen LogP contribution in [0.3, 0.4) is 0 Å². The van der Waals surface area contributed by atoms with Crippen molar-refractivity contribution in [2.75, 3.05) is 0 Å². The van der Waals surface area contributed by atoms with Crippen LogP contribution in [0.5, 0.6) is 0 Å². The lowest BCUT2D eigenvalue weighted by Gasteiger charge is -2.00. The predicted molar refractivity (Wildman–Crippen MR) is 95.5 cm³/mol. The number of rotatable bonds is 4. The molecular weight excluding hydrogens is 397 g/mol. The summed E-state index contributed by atoms with van der Waals surface area (Å²) < 4.78 is 7.93. The van der Waals surface area contributed by atoms with Crippen LogP contribution in [0.15, 0.2) is 28.8 Å². The largest absolute Gasteiger partial charge is 0.421 e. The van der Waals surface area contributed by atoms with E-state index in [0.29, 0.717) is 17.7 Å². The van der Waals surface area contributed by atoms with Crippen molar-refractivity contribution in [2.24, 2.45) is 5.92 Å². The molecule has 0 radical (unpaired) electrons. The van der Waals surface area contributed by atoms with Crippen molar-refractivity contribution in [2.45, 2.75) is 27.2 Å². The number of halogens is 1. The van der Waals surface area contributed by atoms with Gasteiger partial charge in [-0.1, -0.05) is 13.8 Å². The van der Waals surface area contributed by atoms with Crippen LogP contribution < -0.4 is 0 Å². The molecule has 2 aromatic heterocycles. The molecule has 1 aromatic carbocycles. The standard InChI is InChI=1S/C15H16IN3OS/c1-9(2)6-14-17-18-15(20-14)11-4-5-13-12(7-11)10(3)8-19(13)21-16/h4-5,7-9H,6H2,1-3H3. The highest BCUT2D eigenvalue weighted by molar-refractivity contribution is 14.2. The molecule has 0 saturated heterocycles. The van der Waals surface area contributed by atoms with Gasteiger partial charge >= 0.3 is 0 Å². The summed E-state index contributed by atoms with van der Waals surface area (Å²) >= 11 is 2.29. The van der Waals surface area contributed by atoms with Crippen LogP contribution in [0.1, 0.15) is 25.3 Å². The lowest BCUT2D eigenvalue weighted by Crippen LogP contribution is -1.93. The fourth-order valence-electron chi connectivity index (χ4n) is 2.35. The van der Waals surface area contributed by atoms with E-state index in [2.05, 4.69) is 74.5 Å². The van der Waals surface area contributed by atoms with Crippen molar-refractivity contribution in [3.63, 3.8) is 0 Å². The Balaban J connectivity index is 2.01. The maximum absolute atomic E-state index is 5.77. The van der Waals surface area contributed by atoms with Crippen molar-refractivity contribution in [3.05, 3.63) is 35.9 Å². The molecule has 0 bridgehead atoms. The fourth-order valence-corrected chi connectivity index (χ4v) is 3.76. The minimum absolute atomic E-state index is 0.512. The van der Waals surface area contributed by atoms with E-state index in [1.165, 1.54) is 16.5 Å². The van der Waals surface area contributed by atoms with Crippen molar-refractivity contribution in [1.82, 2.24) is 14.2 Å². The molecule has 0 atom stereocenters. The van der Waals surface area contributed by atoms with E-state index in [4.69, 9.17) is 4.42 Å².